The van der Waals surface area contributed by atoms with Crippen molar-refractivity contribution in [3.8, 4) is 5.75 Å². The topological polar surface area (TPSA) is 33.7 Å². The van der Waals surface area contributed by atoms with Crippen LogP contribution in [0.25, 0.3) is 0 Å². The Morgan fingerprint density at radius 2 is 2.25 bits per heavy atom. The van der Waals surface area contributed by atoms with Crippen LogP contribution in [0.5, 0.6) is 5.75 Å². The maximum atomic E-state index is 5.47. The van der Waals surface area contributed by atoms with Gasteiger partial charge < -0.3 is 19.7 Å². The Morgan fingerprint density at radius 1 is 1.45 bits per heavy atom. The molecule has 2 atom stereocenters. The lowest BCUT2D eigenvalue weighted by Gasteiger charge is -2.23. The SMILES string of the molecule is COc1ccc(CN(C)C)cc1NC(C)C1CCOC1. The molecule has 0 saturated carbocycles. The van der Waals surface area contributed by atoms with E-state index in [4.69, 9.17) is 9.47 Å². The van der Waals surface area contributed by atoms with Crippen molar-refractivity contribution in [2.24, 2.45) is 5.92 Å². The maximum Gasteiger partial charge on any atom is 0.141 e. The van der Waals surface area contributed by atoms with Crippen molar-refractivity contribution in [1.29, 1.82) is 0 Å². The van der Waals surface area contributed by atoms with Crippen LogP contribution < -0.4 is 10.1 Å². The third kappa shape index (κ3) is 3.87. The molecule has 112 valence electrons. The van der Waals surface area contributed by atoms with Crippen molar-refractivity contribution in [3.05, 3.63) is 23.8 Å². The number of benzene rings is 1. The molecule has 4 heteroatoms. The molecule has 0 aliphatic carbocycles. The molecule has 0 amide bonds. The van der Waals surface area contributed by atoms with Gasteiger partial charge in [0, 0.05) is 25.1 Å². The molecule has 1 N–H and O–H groups in total. The first-order valence-electron chi connectivity index (χ1n) is 7.26. The molecule has 0 spiro atoms. The standard InChI is InChI=1S/C16H26N2O2/c1-12(14-7-8-20-11-14)17-15-9-13(10-18(2)3)5-6-16(15)19-4/h5-6,9,12,14,17H,7-8,10-11H2,1-4H3. The summed E-state index contributed by atoms with van der Waals surface area (Å²) in [7, 11) is 5.88. The van der Waals surface area contributed by atoms with Crippen molar-refractivity contribution < 1.29 is 9.47 Å². The molecule has 1 heterocycles. The zero-order valence-electron chi connectivity index (χ0n) is 13.0. The molecule has 20 heavy (non-hydrogen) atoms. The lowest BCUT2D eigenvalue weighted by Crippen LogP contribution is -2.26. The number of rotatable bonds is 6. The van der Waals surface area contributed by atoms with Gasteiger partial charge in [0.15, 0.2) is 0 Å². The first kappa shape index (κ1) is 15.1. The molecule has 1 aromatic carbocycles. The van der Waals surface area contributed by atoms with Crippen LogP contribution in [-0.4, -0.2) is 45.4 Å². The molecule has 1 aliphatic heterocycles. The third-order valence-electron chi connectivity index (χ3n) is 3.82. The average Bonchev–Trinajstić information content (AvgIpc) is 2.92. The van der Waals surface area contributed by atoms with Gasteiger partial charge in [0.25, 0.3) is 0 Å². The summed E-state index contributed by atoms with van der Waals surface area (Å²) in [5.41, 5.74) is 2.36. The maximum absolute atomic E-state index is 5.47. The Kier molecular flexibility index (Phi) is 5.26. The van der Waals surface area contributed by atoms with Crippen molar-refractivity contribution >= 4 is 5.69 Å². The minimum atomic E-state index is 0.390. The highest BCUT2D eigenvalue weighted by Gasteiger charge is 2.22. The highest BCUT2D eigenvalue weighted by Crippen LogP contribution is 2.29. The molecule has 1 fully saturated rings. The number of anilines is 1. The van der Waals surface area contributed by atoms with Crippen LogP contribution >= 0.6 is 0 Å². The number of nitrogens with one attached hydrogen (secondary N) is 1. The molecular weight excluding hydrogens is 252 g/mol. The van der Waals surface area contributed by atoms with Gasteiger partial charge in [-0.15, -0.1) is 0 Å². The van der Waals surface area contributed by atoms with Gasteiger partial charge in [0.1, 0.15) is 5.75 Å². The summed E-state index contributed by atoms with van der Waals surface area (Å²) in [6.45, 7) is 4.89. The van der Waals surface area contributed by atoms with Crippen LogP contribution in [0, 0.1) is 5.92 Å². The number of methoxy groups -OCH3 is 1. The van der Waals surface area contributed by atoms with Gasteiger partial charge in [0.05, 0.1) is 19.4 Å². The lowest BCUT2D eigenvalue weighted by molar-refractivity contribution is 0.183. The van der Waals surface area contributed by atoms with Gasteiger partial charge in [-0.3, -0.25) is 0 Å². The molecule has 2 rings (SSSR count). The van der Waals surface area contributed by atoms with E-state index in [9.17, 15) is 0 Å². The fourth-order valence-corrected chi connectivity index (χ4v) is 2.64. The fourth-order valence-electron chi connectivity index (χ4n) is 2.64. The van der Waals surface area contributed by atoms with Crippen LogP contribution in [0.4, 0.5) is 5.69 Å². The Labute approximate surface area is 122 Å². The smallest absolute Gasteiger partial charge is 0.141 e. The van der Waals surface area contributed by atoms with Crippen molar-refractivity contribution in [3.63, 3.8) is 0 Å². The summed E-state index contributed by atoms with van der Waals surface area (Å²) in [6.07, 6.45) is 1.13. The second-order valence-electron chi connectivity index (χ2n) is 5.83. The summed E-state index contributed by atoms with van der Waals surface area (Å²) in [6, 6.07) is 6.73. The van der Waals surface area contributed by atoms with Crippen LogP contribution in [-0.2, 0) is 11.3 Å². The molecule has 4 nitrogen and oxygen atoms in total. The summed E-state index contributed by atoms with van der Waals surface area (Å²) < 4.78 is 10.9. The molecule has 1 saturated heterocycles. The van der Waals surface area contributed by atoms with Crippen LogP contribution in [0.2, 0.25) is 0 Å². The van der Waals surface area contributed by atoms with Gasteiger partial charge in [-0.2, -0.15) is 0 Å². The van der Waals surface area contributed by atoms with E-state index in [-0.39, 0.29) is 0 Å². The largest absolute Gasteiger partial charge is 0.495 e. The van der Waals surface area contributed by atoms with E-state index >= 15 is 0 Å². The quantitative estimate of drug-likeness (QED) is 0.867. The molecule has 0 bridgehead atoms. The molecule has 0 radical (unpaired) electrons. The van der Waals surface area contributed by atoms with E-state index in [2.05, 4.69) is 43.4 Å². The average molecular weight is 278 g/mol. The molecule has 1 aliphatic rings. The normalized spacial score (nSPS) is 20.1. The predicted octanol–water partition coefficient (Wildman–Crippen LogP) is 2.59. The highest BCUT2D eigenvalue weighted by atomic mass is 16.5. The van der Waals surface area contributed by atoms with Gasteiger partial charge in [-0.05, 0) is 45.1 Å². The molecule has 2 unspecified atom stereocenters. The summed E-state index contributed by atoms with van der Waals surface area (Å²) in [5.74, 6) is 1.48. The fraction of sp³-hybridized carbons (Fsp3) is 0.625. The van der Waals surface area contributed by atoms with E-state index in [1.54, 1.807) is 7.11 Å². The van der Waals surface area contributed by atoms with Gasteiger partial charge in [0.2, 0.25) is 0 Å². The van der Waals surface area contributed by atoms with E-state index in [1.807, 2.05) is 6.07 Å². The first-order valence-corrected chi connectivity index (χ1v) is 7.26. The van der Waals surface area contributed by atoms with Crippen LogP contribution in [0.15, 0.2) is 18.2 Å². The lowest BCUT2D eigenvalue weighted by atomic mass is 10.00. The monoisotopic (exact) mass is 278 g/mol. The number of nitrogens with zero attached hydrogens (tertiary/aromatic N) is 1. The zero-order chi connectivity index (χ0) is 14.5. The minimum Gasteiger partial charge on any atom is -0.495 e. The Morgan fingerprint density at radius 3 is 2.85 bits per heavy atom. The Hall–Kier alpha value is -1.26. The zero-order valence-corrected chi connectivity index (χ0v) is 13.0. The van der Waals surface area contributed by atoms with E-state index in [0.29, 0.717) is 12.0 Å². The van der Waals surface area contributed by atoms with Crippen molar-refractivity contribution in [1.82, 2.24) is 4.90 Å². The summed E-state index contributed by atoms with van der Waals surface area (Å²) >= 11 is 0. The molecule has 1 aromatic rings. The van der Waals surface area contributed by atoms with Crippen molar-refractivity contribution in [2.45, 2.75) is 25.9 Å². The molecule has 0 aromatic heterocycles. The van der Waals surface area contributed by atoms with Gasteiger partial charge in [-0.25, -0.2) is 0 Å². The van der Waals surface area contributed by atoms with E-state index in [1.165, 1.54) is 5.56 Å². The first-order chi connectivity index (χ1) is 9.60. The van der Waals surface area contributed by atoms with Crippen LogP contribution in [0.3, 0.4) is 0 Å². The predicted molar refractivity (Wildman–Crippen MR) is 82.4 cm³/mol. The molecular formula is C16H26N2O2. The Bertz CT molecular complexity index is 428. The van der Waals surface area contributed by atoms with Gasteiger partial charge in [-0.1, -0.05) is 6.07 Å². The third-order valence-corrected chi connectivity index (χ3v) is 3.82. The van der Waals surface area contributed by atoms with Gasteiger partial charge >= 0.3 is 0 Å². The second kappa shape index (κ2) is 6.95. The minimum absolute atomic E-state index is 0.390. The number of hydrogen-bond donors (Lipinski definition) is 1. The summed E-state index contributed by atoms with van der Waals surface area (Å²) in [5, 5.41) is 3.59. The van der Waals surface area contributed by atoms with Crippen molar-refractivity contribution in [2.75, 3.05) is 39.7 Å². The van der Waals surface area contributed by atoms with E-state index in [0.717, 1.165) is 37.6 Å². The van der Waals surface area contributed by atoms with E-state index < -0.39 is 0 Å². The summed E-state index contributed by atoms with van der Waals surface area (Å²) in [4.78, 5) is 2.17. The number of hydrogen-bond acceptors (Lipinski definition) is 4. The Balaban J connectivity index is 2.10. The second-order valence-corrected chi connectivity index (χ2v) is 5.83. The highest BCUT2D eigenvalue weighted by molar-refractivity contribution is 5.58. The number of ether oxygens (including phenoxy) is 2. The van der Waals surface area contributed by atoms with Crippen LogP contribution in [0.1, 0.15) is 18.9 Å².